The molecule has 0 aromatic carbocycles. The second kappa shape index (κ2) is 4.48. The highest BCUT2D eigenvalue weighted by Crippen LogP contribution is 2.34. The molecule has 3 heterocycles. The summed E-state index contributed by atoms with van der Waals surface area (Å²) in [6.45, 7) is 6.59. The Labute approximate surface area is 117 Å². The maximum atomic E-state index is 14.3. The van der Waals surface area contributed by atoms with E-state index in [4.69, 9.17) is 11.6 Å². The van der Waals surface area contributed by atoms with Crippen molar-refractivity contribution in [2.75, 3.05) is 0 Å². The number of aryl methyl sites for hydroxylation is 1. The van der Waals surface area contributed by atoms with Crippen molar-refractivity contribution in [3.63, 3.8) is 0 Å². The smallest absolute Gasteiger partial charge is 0.140 e. The summed E-state index contributed by atoms with van der Waals surface area (Å²) in [6, 6.07) is 2.13. The normalized spacial score (nSPS) is 23.1. The lowest BCUT2D eigenvalue weighted by Crippen LogP contribution is -2.33. The molecule has 2 unspecified atom stereocenters. The van der Waals surface area contributed by atoms with Crippen LogP contribution in [0.15, 0.2) is 12.3 Å². The summed E-state index contributed by atoms with van der Waals surface area (Å²) >= 11 is 6.11. The molecule has 0 saturated heterocycles. The summed E-state index contributed by atoms with van der Waals surface area (Å²) in [6.07, 6.45) is 1.65. The molecule has 19 heavy (non-hydrogen) atoms. The van der Waals surface area contributed by atoms with Crippen LogP contribution in [-0.2, 0) is 13.0 Å². The number of halogens is 2. The number of pyridine rings is 1. The molecule has 4 heteroatoms. The van der Waals surface area contributed by atoms with E-state index in [9.17, 15) is 4.39 Å². The first-order valence-electron chi connectivity index (χ1n) is 6.76. The van der Waals surface area contributed by atoms with Crippen molar-refractivity contribution in [3.05, 3.63) is 28.5 Å². The van der Waals surface area contributed by atoms with Gasteiger partial charge in [0.1, 0.15) is 11.8 Å². The summed E-state index contributed by atoms with van der Waals surface area (Å²) in [5.41, 5.74) is 3.08. The number of alkyl halides is 1. The number of fused-ring (bicyclic) bond motifs is 3. The molecule has 0 bridgehead atoms. The first-order chi connectivity index (χ1) is 8.99. The Morgan fingerprint density at radius 2 is 2.21 bits per heavy atom. The van der Waals surface area contributed by atoms with Crippen LogP contribution in [0.4, 0.5) is 4.39 Å². The van der Waals surface area contributed by atoms with E-state index >= 15 is 0 Å². The fourth-order valence-corrected chi connectivity index (χ4v) is 3.20. The zero-order valence-electron chi connectivity index (χ0n) is 11.5. The van der Waals surface area contributed by atoms with Crippen molar-refractivity contribution in [1.82, 2.24) is 9.55 Å². The maximum Gasteiger partial charge on any atom is 0.140 e. The summed E-state index contributed by atoms with van der Waals surface area (Å²) in [5, 5.41) is 1.73. The second-order valence-electron chi connectivity index (χ2n) is 5.84. The zero-order chi connectivity index (χ0) is 13.7. The number of hydrogen-bond donors (Lipinski definition) is 0. The van der Waals surface area contributed by atoms with E-state index in [-0.39, 0.29) is 5.92 Å². The molecule has 2 aromatic rings. The van der Waals surface area contributed by atoms with E-state index in [1.807, 2.05) is 11.5 Å². The molecule has 0 saturated carbocycles. The molecule has 0 N–H and O–H groups in total. The molecule has 0 aliphatic carbocycles. The number of hydrogen-bond acceptors (Lipinski definition) is 1. The van der Waals surface area contributed by atoms with E-state index < -0.39 is 6.17 Å². The van der Waals surface area contributed by atoms with Gasteiger partial charge in [0.15, 0.2) is 0 Å². The number of rotatable bonds is 1. The summed E-state index contributed by atoms with van der Waals surface area (Å²) in [7, 11) is 0. The minimum atomic E-state index is -0.791. The average molecular weight is 281 g/mol. The van der Waals surface area contributed by atoms with Crippen LogP contribution in [0.25, 0.3) is 11.0 Å². The van der Waals surface area contributed by atoms with Crippen molar-refractivity contribution in [1.29, 1.82) is 0 Å². The highest BCUT2D eigenvalue weighted by Gasteiger charge is 2.32. The first kappa shape index (κ1) is 12.9. The fraction of sp³-hybridized carbons (Fsp3) is 0.533. The van der Waals surface area contributed by atoms with E-state index in [1.165, 1.54) is 5.69 Å². The summed E-state index contributed by atoms with van der Waals surface area (Å²) in [5.74, 6) is 0.465. The second-order valence-corrected chi connectivity index (χ2v) is 6.25. The Bertz CT molecular complexity index is 633. The molecular weight excluding hydrogens is 263 g/mol. The molecule has 1 aliphatic rings. The molecule has 3 rings (SSSR count). The summed E-state index contributed by atoms with van der Waals surface area (Å²) in [4.78, 5) is 4.38. The first-order valence-corrected chi connectivity index (χ1v) is 7.14. The number of nitrogens with zero attached hydrogens (tertiary/aromatic N) is 2. The van der Waals surface area contributed by atoms with E-state index in [2.05, 4.69) is 24.9 Å². The molecule has 0 radical (unpaired) electrons. The predicted molar refractivity (Wildman–Crippen MR) is 76.4 cm³/mol. The van der Waals surface area contributed by atoms with Gasteiger partial charge in [-0.05, 0) is 36.8 Å². The van der Waals surface area contributed by atoms with Gasteiger partial charge in [-0.3, -0.25) is 0 Å². The van der Waals surface area contributed by atoms with Crippen molar-refractivity contribution in [2.45, 2.75) is 39.9 Å². The van der Waals surface area contributed by atoms with Crippen molar-refractivity contribution in [2.24, 2.45) is 11.8 Å². The third kappa shape index (κ3) is 1.95. The van der Waals surface area contributed by atoms with Crippen molar-refractivity contribution in [3.8, 4) is 0 Å². The lowest BCUT2D eigenvalue weighted by molar-refractivity contribution is 0.139. The highest BCUT2D eigenvalue weighted by molar-refractivity contribution is 6.32. The van der Waals surface area contributed by atoms with Crippen LogP contribution in [-0.4, -0.2) is 15.7 Å². The third-order valence-electron chi connectivity index (χ3n) is 4.34. The minimum Gasteiger partial charge on any atom is -0.327 e. The maximum absolute atomic E-state index is 14.3. The molecule has 2 atom stereocenters. The SMILES string of the molecule is Cc1c(Cl)cnc2c1cc1n2CC(F)C(C(C)C)C1. The van der Waals surface area contributed by atoms with Gasteiger partial charge in [-0.1, -0.05) is 25.4 Å². The minimum absolute atomic E-state index is 0.104. The van der Waals surface area contributed by atoms with Gasteiger partial charge in [0.05, 0.1) is 11.6 Å². The van der Waals surface area contributed by atoms with Crippen LogP contribution < -0.4 is 0 Å². The molecule has 102 valence electrons. The van der Waals surface area contributed by atoms with Crippen LogP contribution in [0.3, 0.4) is 0 Å². The molecular formula is C15H18ClFN2. The third-order valence-corrected chi connectivity index (χ3v) is 4.72. The van der Waals surface area contributed by atoms with Gasteiger partial charge in [0.2, 0.25) is 0 Å². The Kier molecular flexibility index (Phi) is 3.05. The largest absolute Gasteiger partial charge is 0.327 e. The van der Waals surface area contributed by atoms with Crippen LogP contribution in [0.1, 0.15) is 25.1 Å². The fourth-order valence-electron chi connectivity index (χ4n) is 3.05. The standard InChI is InChI=1S/C15H18ClFN2/c1-8(2)11-4-10-5-12-9(3)13(16)6-18-15(12)19(10)7-14(11)17/h5-6,8,11,14H,4,7H2,1-3H3. The Hall–Kier alpha value is -1.09. The van der Waals surface area contributed by atoms with Crippen LogP contribution in [0, 0.1) is 18.8 Å². The molecule has 2 aromatic heterocycles. The summed E-state index contributed by atoms with van der Waals surface area (Å²) < 4.78 is 16.3. The van der Waals surface area contributed by atoms with Gasteiger partial charge in [0.25, 0.3) is 0 Å². The molecule has 0 spiro atoms. The van der Waals surface area contributed by atoms with Crippen LogP contribution >= 0.6 is 11.6 Å². The average Bonchev–Trinajstić information content (AvgIpc) is 2.71. The number of aromatic nitrogens is 2. The van der Waals surface area contributed by atoms with Crippen molar-refractivity contribution < 1.29 is 4.39 Å². The quantitative estimate of drug-likeness (QED) is 0.767. The topological polar surface area (TPSA) is 17.8 Å². The predicted octanol–water partition coefficient (Wildman–Crippen LogP) is 4.16. The Morgan fingerprint density at radius 1 is 1.47 bits per heavy atom. The van der Waals surface area contributed by atoms with Gasteiger partial charge in [0, 0.05) is 17.3 Å². The van der Waals surface area contributed by atoms with Crippen molar-refractivity contribution >= 4 is 22.6 Å². The van der Waals surface area contributed by atoms with E-state index in [0.717, 1.165) is 23.0 Å². The highest BCUT2D eigenvalue weighted by atomic mass is 35.5. The monoisotopic (exact) mass is 280 g/mol. The lowest BCUT2D eigenvalue weighted by Gasteiger charge is -2.30. The lowest BCUT2D eigenvalue weighted by atomic mass is 9.85. The van der Waals surface area contributed by atoms with Gasteiger partial charge in [-0.2, -0.15) is 0 Å². The van der Waals surface area contributed by atoms with E-state index in [0.29, 0.717) is 17.5 Å². The zero-order valence-corrected chi connectivity index (χ0v) is 12.2. The molecule has 0 amide bonds. The van der Waals surface area contributed by atoms with Gasteiger partial charge in [-0.15, -0.1) is 0 Å². The Morgan fingerprint density at radius 3 is 2.89 bits per heavy atom. The van der Waals surface area contributed by atoms with Gasteiger partial charge in [-0.25, -0.2) is 9.37 Å². The van der Waals surface area contributed by atoms with Gasteiger partial charge >= 0.3 is 0 Å². The molecule has 1 aliphatic heterocycles. The van der Waals surface area contributed by atoms with Crippen LogP contribution in [0.5, 0.6) is 0 Å². The molecule has 0 fully saturated rings. The Balaban J connectivity index is 2.15. The molecule has 2 nitrogen and oxygen atoms in total. The van der Waals surface area contributed by atoms with E-state index in [1.54, 1.807) is 6.20 Å². The van der Waals surface area contributed by atoms with Gasteiger partial charge < -0.3 is 4.57 Å². The van der Waals surface area contributed by atoms with Crippen LogP contribution in [0.2, 0.25) is 5.02 Å².